The lowest BCUT2D eigenvalue weighted by Crippen LogP contribution is -2.30. The summed E-state index contributed by atoms with van der Waals surface area (Å²) in [5.74, 6) is -1.30. The van der Waals surface area contributed by atoms with Crippen LogP contribution in [0, 0.1) is 0 Å². The largest absolute Gasteiger partial charge is 0.506 e. The van der Waals surface area contributed by atoms with Crippen molar-refractivity contribution >= 4 is 53.5 Å². The standard InChI is InChI=1S/C13H10Br2N2O4S/c14-7-5-10(12(18)11(15)6-7)13(19)17-22(20,21)9-3-1-8(16)2-4-9/h1-6,18H,16H2,(H,17,19). The predicted octanol–water partition coefficient (Wildman–Crippen LogP) is 2.62. The fourth-order valence-corrected chi connectivity index (χ4v) is 3.81. The molecule has 116 valence electrons. The maximum absolute atomic E-state index is 12.1. The van der Waals surface area contributed by atoms with Crippen molar-refractivity contribution in [1.29, 1.82) is 0 Å². The normalized spacial score (nSPS) is 11.2. The fourth-order valence-electron chi connectivity index (χ4n) is 1.62. The van der Waals surface area contributed by atoms with Crippen molar-refractivity contribution in [3.8, 4) is 5.75 Å². The van der Waals surface area contributed by atoms with Crippen LogP contribution in [0.3, 0.4) is 0 Å². The molecule has 0 bridgehead atoms. The summed E-state index contributed by atoms with van der Waals surface area (Å²) in [6.07, 6.45) is 0. The van der Waals surface area contributed by atoms with E-state index >= 15 is 0 Å². The summed E-state index contributed by atoms with van der Waals surface area (Å²) in [6.45, 7) is 0. The van der Waals surface area contributed by atoms with Crippen molar-refractivity contribution in [2.24, 2.45) is 0 Å². The van der Waals surface area contributed by atoms with Gasteiger partial charge in [0.15, 0.2) is 0 Å². The van der Waals surface area contributed by atoms with Crippen molar-refractivity contribution in [1.82, 2.24) is 4.72 Å². The highest BCUT2D eigenvalue weighted by molar-refractivity contribution is 9.11. The number of benzene rings is 2. The van der Waals surface area contributed by atoms with Gasteiger partial charge in [-0.25, -0.2) is 13.1 Å². The van der Waals surface area contributed by atoms with E-state index in [0.717, 1.165) is 0 Å². The number of carbonyl (C=O) groups is 1. The zero-order chi connectivity index (χ0) is 16.5. The molecular formula is C13H10Br2N2O4S. The average molecular weight is 450 g/mol. The number of nitrogen functional groups attached to an aromatic ring is 1. The van der Waals surface area contributed by atoms with Crippen LogP contribution in [-0.2, 0) is 10.0 Å². The predicted molar refractivity (Wildman–Crippen MR) is 89.0 cm³/mol. The minimum Gasteiger partial charge on any atom is -0.506 e. The highest BCUT2D eigenvalue weighted by Crippen LogP contribution is 2.31. The summed E-state index contributed by atoms with van der Waals surface area (Å²) < 4.78 is 26.9. The summed E-state index contributed by atoms with van der Waals surface area (Å²) in [7, 11) is -4.06. The van der Waals surface area contributed by atoms with E-state index in [-0.39, 0.29) is 20.7 Å². The topological polar surface area (TPSA) is 109 Å². The maximum Gasteiger partial charge on any atom is 0.268 e. The Kier molecular flexibility index (Phi) is 4.78. The van der Waals surface area contributed by atoms with E-state index in [2.05, 4.69) is 31.9 Å². The van der Waals surface area contributed by atoms with E-state index in [4.69, 9.17) is 5.73 Å². The van der Waals surface area contributed by atoms with Crippen molar-refractivity contribution in [3.63, 3.8) is 0 Å². The lowest BCUT2D eigenvalue weighted by molar-refractivity contribution is 0.0978. The highest BCUT2D eigenvalue weighted by Gasteiger charge is 2.22. The molecule has 2 aromatic carbocycles. The first-order valence-electron chi connectivity index (χ1n) is 5.81. The molecule has 0 saturated carbocycles. The van der Waals surface area contributed by atoms with Crippen LogP contribution in [0.25, 0.3) is 0 Å². The number of amides is 1. The molecule has 6 nitrogen and oxygen atoms in total. The first-order valence-corrected chi connectivity index (χ1v) is 8.88. The number of halogens is 2. The Morgan fingerprint density at radius 2 is 1.73 bits per heavy atom. The Morgan fingerprint density at radius 1 is 1.14 bits per heavy atom. The number of anilines is 1. The number of rotatable bonds is 3. The monoisotopic (exact) mass is 448 g/mol. The van der Waals surface area contributed by atoms with Crippen LogP contribution in [0.15, 0.2) is 50.2 Å². The van der Waals surface area contributed by atoms with E-state index in [9.17, 15) is 18.3 Å². The molecule has 2 aromatic rings. The average Bonchev–Trinajstić information content (AvgIpc) is 2.42. The lowest BCUT2D eigenvalue weighted by Gasteiger charge is -2.09. The van der Waals surface area contributed by atoms with Crippen LogP contribution in [0.2, 0.25) is 0 Å². The van der Waals surface area contributed by atoms with Gasteiger partial charge in [0, 0.05) is 10.2 Å². The first kappa shape index (κ1) is 16.8. The number of nitrogens with two attached hydrogens (primary N) is 1. The minimum atomic E-state index is -4.06. The van der Waals surface area contributed by atoms with Crippen molar-refractivity contribution in [2.75, 3.05) is 5.73 Å². The third-order valence-electron chi connectivity index (χ3n) is 2.69. The van der Waals surface area contributed by atoms with Gasteiger partial charge < -0.3 is 10.8 Å². The third kappa shape index (κ3) is 3.60. The fraction of sp³-hybridized carbons (Fsp3) is 0. The lowest BCUT2D eigenvalue weighted by atomic mass is 10.2. The quantitative estimate of drug-likeness (QED) is 0.624. The molecule has 0 fully saturated rings. The van der Waals surface area contributed by atoms with E-state index in [1.807, 2.05) is 4.72 Å². The second-order valence-corrected chi connectivity index (χ2v) is 7.74. The van der Waals surface area contributed by atoms with Gasteiger partial charge in [-0.05, 0) is 52.3 Å². The number of phenolic OH excluding ortho intramolecular Hbond substituents is 1. The minimum absolute atomic E-state index is 0.108. The van der Waals surface area contributed by atoms with Crippen LogP contribution in [0.1, 0.15) is 10.4 Å². The van der Waals surface area contributed by atoms with E-state index < -0.39 is 15.9 Å². The summed E-state index contributed by atoms with van der Waals surface area (Å²) >= 11 is 6.24. The van der Waals surface area contributed by atoms with Crippen molar-refractivity contribution in [3.05, 3.63) is 50.9 Å². The Balaban J connectivity index is 2.34. The molecule has 0 aliphatic rings. The van der Waals surface area contributed by atoms with Crippen molar-refractivity contribution < 1.29 is 18.3 Å². The molecule has 0 atom stereocenters. The highest BCUT2D eigenvalue weighted by atomic mass is 79.9. The van der Waals surface area contributed by atoms with Gasteiger partial charge in [-0.15, -0.1) is 0 Å². The third-order valence-corrected chi connectivity index (χ3v) is 5.10. The molecule has 0 saturated heterocycles. The van der Waals surface area contributed by atoms with E-state index in [1.54, 1.807) is 0 Å². The molecule has 0 aliphatic carbocycles. The van der Waals surface area contributed by atoms with Crippen LogP contribution in [0.5, 0.6) is 5.75 Å². The first-order chi connectivity index (χ1) is 10.2. The number of hydrogen-bond donors (Lipinski definition) is 3. The Labute approximate surface area is 143 Å². The molecule has 0 aromatic heterocycles. The SMILES string of the molecule is Nc1ccc(S(=O)(=O)NC(=O)c2cc(Br)cc(Br)c2O)cc1. The van der Waals surface area contributed by atoms with Crippen LogP contribution in [0.4, 0.5) is 5.69 Å². The van der Waals surface area contributed by atoms with Gasteiger partial charge in [-0.3, -0.25) is 4.79 Å². The number of phenols is 1. The zero-order valence-corrected chi connectivity index (χ0v) is 14.9. The van der Waals surface area contributed by atoms with Gasteiger partial charge in [0.25, 0.3) is 15.9 Å². The van der Waals surface area contributed by atoms with Crippen LogP contribution in [-0.4, -0.2) is 19.4 Å². The second kappa shape index (κ2) is 6.27. The molecule has 0 spiro atoms. The Hall–Kier alpha value is -1.58. The van der Waals surface area contributed by atoms with Gasteiger partial charge in [-0.1, -0.05) is 15.9 Å². The van der Waals surface area contributed by atoms with Crippen molar-refractivity contribution in [2.45, 2.75) is 4.90 Å². The molecule has 1 amide bonds. The molecule has 9 heteroatoms. The van der Waals surface area contributed by atoms with Gasteiger partial charge in [0.2, 0.25) is 0 Å². The van der Waals surface area contributed by atoms with Gasteiger partial charge in [0.05, 0.1) is 14.9 Å². The number of hydrogen-bond acceptors (Lipinski definition) is 5. The van der Waals surface area contributed by atoms with E-state index in [1.165, 1.54) is 36.4 Å². The Morgan fingerprint density at radius 3 is 2.32 bits per heavy atom. The second-order valence-electron chi connectivity index (χ2n) is 4.29. The molecule has 0 radical (unpaired) electrons. The summed E-state index contributed by atoms with van der Waals surface area (Å²) in [6, 6.07) is 8.22. The van der Waals surface area contributed by atoms with Gasteiger partial charge in [-0.2, -0.15) is 0 Å². The van der Waals surface area contributed by atoms with E-state index in [0.29, 0.717) is 10.2 Å². The van der Waals surface area contributed by atoms with Crippen LogP contribution < -0.4 is 10.5 Å². The molecular weight excluding hydrogens is 440 g/mol. The van der Waals surface area contributed by atoms with Gasteiger partial charge >= 0.3 is 0 Å². The summed E-state index contributed by atoms with van der Waals surface area (Å²) in [4.78, 5) is 12.0. The number of carbonyl (C=O) groups excluding carboxylic acids is 1. The number of sulfonamides is 1. The zero-order valence-electron chi connectivity index (χ0n) is 10.9. The Bertz CT molecular complexity index is 836. The summed E-state index contributed by atoms with van der Waals surface area (Å²) in [5, 5.41) is 9.86. The number of aromatic hydroxyl groups is 1. The maximum atomic E-state index is 12.1. The molecule has 0 unspecified atom stereocenters. The van der Waals surface area contributed by atoms with Gasteiger partial charge in [0.1, 0.15) is 5.75 Å². The smallest absolute Gasteiger partial charge is 0.268 e. The molecule has 4 N–H and O–H groups in total. The molecule has 2 rings (SSSR count). The summed E-state index contributed by atoms with van der Waals surface area (Å²) in [5.41, 5.74) is 5.71. The molecule has 0 heterocycles. The molecule has 22 heavy (non-hydrogen) atoms. The number of nitrogens with one attached hydrogen (secondary N) is 1. The van der Waals surface area contributed by atoms with Crippen LogP contribution >= 0.6 is 31.9 Å². The molecule has 0 aliphatic heterocycles.